The highest BCUT2D eigenvalue weighted by molar-refractivity contribution is 5.82. The third kappa shape index (κ3) is 5.20. The highest BCUT2D eigenvalue weighted by Gasteiger charge is 2.29. The number of hydrogen-bond acceptors (Lipinski definition) is 6. The summed E-state index contributed by atoms with van der Waals surface area (Å²) in [5.74, 6) is 1.40. The van der Waals surface area contributed by atoms with Crippen LogP contribution in [-0.2, 0) is 11.8 Å². The zero-order valence-electron chi connectivity index (χ0n) is 22.5. The molecule has 7 heteroatoms. The minimum Gasteiger partial charge on any atom is -0.383 e. The van der Waals surface area contributed by atoms with E-state index in [9.17, 15) is 4.79 Å². The minimum absolute atomic E-state index is 0.0670. The maximum Gasteiger partial charge on any atom is 0.263 e. The third-order valence-corrected chi connectivity index (χ3v) is 7.26. The van der Waals surface area contributed by atoms with E-state index in [1.807, 2.05) is 68.6 Å². The van der Waals surface area contributed by atoms with E-state index >= 15 is 0 Å². The lowest BCUT2D eigenvalue weighted by molar-refractivity contribution is 0.180. The molecule has 196 valence electrons. The Bertz CT molecular complexity index is 1470. The summed E-state index contributed by atoms with van der Waals surface area (Å²) in [6, 6.07) is 22.5. The van der Waals surface area contributed by atoms with Crippen molar-refractivity contribution in [2.24, 2.45) is 7.05 Å². The Morgan fingerprint density at radius 3 is 2.66 bits per heavy atom. The van der Waals surface area contributed by atoms with Gasteiger partial charge in [-0.25, -0.2) is 9.97 Å². The fourth-order valence-electron chi connectivity index (χ4n) is 5.29. The molecule has 2 aromatic heterocycles. The zero-order chi connectivity index (χ0) is 26.6. The molecule has 0 spiro atoms. The molecule has 0 amide bonds. The second-order valence-corrected chi connectivity index (χ2v) is 10.0. The number of benzene rings is 2. The molecule has 7 nitrogen and oxygen atoms in total. The van der Waals surface area contributed by atoms with Crippen LogP contribution in [0.1, 0.15) is 36.9 Å². The quantitative estimate of drug-likeness (QED) is 0.333. The van der Waals surface area contributed by atoms with E-state index in [-0.39, 0.29) is 17.6 Å². The highest BCUT2D eigenvalue weighted by atomic mass is 16.5. The fourth-order valence-corrected chi connectivity index (χ4v) is 5.29. The van der Waals surface area contributed by atoms with Crippen LogP contribution in [0.4, 0.5) is 11.8 Å². The van der Waals surface area contributed by atoms with E-state index in [1.54, 1.807) is 17.9 Å². The predicted octanol–water partition coefficient (Wildman–Crippen LogP) is 5.61. The third-order valence-electron chi connectivity index (χ3n) is 7.26. The molecule has 4 aromatic rings. The largest absolute Gasteiger partial charge is 0.383 e. The van der Waals surface area contributed by atoms with Crippen LogP contribution in [0.3, 0.4) is 0 Å². The molecule has 1 aliphatic heterocycles. The Kier molecular flexibility index (Phi) is 7.56. The molecular weight excluding hydrogens is 474 g/mol. The van der Waals surface area contributed by atoms with Crippen LogP contribution in [0.15, 0.2) is 77.7 Å². The van der Waals surface area contributed by atoms with Crippen molar-refractivity contribution in [3.8, 4) is 22.4 Å². The molecule has 38 heavy (non-hydrogen) atoms. The van der Waals surface area contributed by atoms with Gasteiger partial charge in [-0.3, -0.25) is 9.36 Å². The molecule has 0 radical (unpaired) electrons. The van der Waals surface area contributed by atoms with Crippen molar-refractivity contribution in [3.63, 3.8) is 0 Å². The minimum atomic E-state index is -0.0670. The maximum absolute atomic E-state index is 14.0. The molecule has 2 atom stereocenters. The van der Waals surface area contributed by atoms with E-state index in [4.69, 9.17) is 9.72 Å². The summed E-state index contributed by atoms with van der Waals surface area (Å²) in [7, 11) is 3.54. The van der Waals surface area contributed by atoms with E-state index in [1.165, 1.54) is 5.56 Å². The summed E-state index contributed by atoms with van der Waals surface area (Å²) in [6.07, 6.45) is 3.83. The van der Waals surface area contributed by atoms with Gasteiger partial charge in [0.1, 0.15) is 5.82 Å². The summed E-state index contributed by atoms with van der Waals surface area (Å²) in [6.45, 7) is 5.59. The lowest BCUT2D eigenvalue weighted by Gasteiger charge is -2.28. The number of nitrogens with one attached hydrogen (secondary N) is 1. The van der Waals surface area contributed by atoms with Crippen LogP contribution in [0.25, 0.3) is 22.4 Å². The molecule has 1 N–H and O–H groups in total. The fraction of sp³-hybridized carbons (Fsp3) is 0.323. The summed E-state index contributed by atoms with van der Waals surface area (Å²) < 4.78 is 7.17. The Balaban J connectivity index is 1.63. The number of ether oxygens (including phenoxy) is 1. The van der Waals surface area contributed by atoms with Gasteiger partial charge in [0.2, 0.25) is 5.95 Å². The molecule has 5 rings (SSSR count). The number of methoxy groups -OCH3 is 1. The average molecular weight is 510 g/mol. The van der Waals surface area contributed by atoms with Crippen molar-refractivity contribution in [1.82, 2.24) is 14.5 Å². The first-order valence-electron chi connectivity index (χ1n) is 13.2. The monoisotopic (exact) mass is 509 g/mol. The first kappa shape index (κ1) is 25.7. The summed E-state index contributed by atoms with van der Waals surface area (Å²) in [5, 5.41) is 3.51. The molecular formula is C31H35N5O2. The van der Waals surface area contributed by atoms with Crippen molar-refractivity contribution in [3.05, 3.63) is 94.4 Å². The molecule has 2 unspecified atom stereocenters. The maximum atomic E-state index is 14.0. The molecule has 1 saturated heterocycles. The van der Waals surface area contributed by atoms with Crippen molar-refractivity contribution in [2.75, 3.05) is 30.5 Å². The van der Waals surface area contributed by atoms with Gasteiger partial charge in [0.25, 0.3) is 5.56 Å². The molecule has 3 heterocycles. The van der Waals surface area contributed by atoms with Crippen LogP contribution in [0, 0.1) is 6.92 Å². The van der Waals surface area contributed by atoms with E-state index in [2.05, 4.69) is 34.3 Å². The van der Waals surface area contributed by atoms with E-state index < -0.39 is 0 Å². The normalized spacial score (nSPS) is 16.0. The van der Waals surface area contributed by atoms with Crippen molar-refractivity contribution in [2.45, 2.75) is 38.8 Å². The number of hydrogen-bond donors (Lipinski definition) is 1. The first-order valence-corrected chi connectivity index (χ1v) is 13.2. The number of rotatable bonds is 8. The SMILES string of the molecule is COCC1CCCN1c1nc(-c2ccnc(NC(C)c3ccccc3)c2)c(-c2cccc(C)c2)c(=O)n1C. The van der Waals surface area contributed by atoms with Crippen LogP contribution in [0.5, 0.6) is 0 Å². The van der Waals surface area contributed by atoms with Crippen molar-refractivity contribution >= 4 is 11.8 Å². The van der Waals surface area contributed by atoms with Crippen molar-refractivity contribution < 1.29 is 4.74 Å². The smallest absolute Gasteiger partial charge is 0.263 e. The van der Waals surface area contributed by atoms with E-state index in [0.717, 1.165) is 41.9 Å². The van der Waals surface area contributed by atoms with Crippen LogP contribution < -0.4 is 15.8 Å². The molecule has 0 aliphatic carbocycles. The van der Waals surface area contributed by atoms with Gasteiger partial charge >= 0.3 is 0 Å². The molecule has 0 bridgehead atoms. The van der Waals surface area contributed by atoms with Gasteiger partial charge in [-0.05, 0) is 49.9 Å². The van der Waals surface area contributed by atoms with Crippen LogP contribution in [0.2, 0.25) is 0 Å². The van der Waals surface area contributed by atoms with Gasteiger partial charge in [-0.2, -0.15) is 0 Å². The second-order valence-electron chi connectivity index (χ2n) is 10.0. The summed E-state index contributed by atoms with van der Waals surface area (Å²) >= 11 is 0. The van der Waals surface area contributed by atoms with Gasteiger partial charge in [0.05, 0.1) is 23.9 Å². The van der Waals surface area contributed by atoms with Gasteiger partial charge < -0.3 is 15.0 Å². The van der Waals surface area contributed by atoms with Gasteiger partial charge in [-0.1, -0.05) is 60.2 Å². The Morgan fingerprint density at radius 1 is 1.08 bits per heavy atom. The average Bonchev–Trinajstić information content (AvgIpc) is 3.39. The number of nitrogens with zero attached hydrogens (tertiary/aromatic N) is 4. The van der Waals surface area contributed by atoms with Gasteiger partial charge in [0.15, 0.2) is 0 Å². The predicted molar refractivity (Wildman–Crippen MR) is 154 cm³/mol. The van der Waals surface area contributed by atoms with Crippen LogP contribution >= 0.6 is 0 Å². The number of pyridine rings is 1. The highest BCUT2D eigenvalue weighted by Crippen LogP contribution is 2.33. The number of aromatic nitrogens is 3. The summed E-state index contributed by atoms with van der Waals surface area (Å²) in [4.78, 5) is 26.0. The summed E-state index contributed by atoms with van der Waals surface area (Å²) in [5.41, 5.74) is 5.16. The molecule has 1 aliphatic rings. The first-order chi connectivity index (χ1) is 18.5. The Labute approximate surface area is 224 Å². The topological polar surface area (TPSA) is 72.3 Å². The van der Waals surface area contributed by atoms with Crippen molar-refractivity contribution in [1.29, 1.82) is 0 Å². The van der Waals surface area contributed by atoms with Gasteiger partial charge in [0, 0.05) is 38.5 Å². The molecule has 1 fully saturated rings. The molecule has 2 aromatic carbocycles. The van der Waals surface area contributed by atoms with Gasteiger partial charge in [-0.15, -0.1) is 0 Å². The zero-order valence-corrected chi connectivity index (χ0v) is 22.5. The molecule has 0 saturated carbocycles. The second kappa shape index (κ2) is 11.2. The van der Waals surface area contributed by atoms with Crippen LogP contribution in [-0.4, -0.2) is 40.8 Å². The standard InChI is InChI=1S/C31H35N5O2/c1-21-10-8-13-24(18-21)28-29(34-31(35(3)30(28)37)36-17-9-14-26(36)20-38-4)25-15-16-32-27(19-25)33-22(2)23-11-6-5-7-12-23/h5-8,10-13,15-16,18-19,22,26H,9,14,17,20H2,1-4H3,(H,32,33). The number of anilines is 2. The Hall–Kier alpha value is -3.97. The van der Waals surface area contributed by atoms with E-state index in [0.29, 0.717) is 23.8 Å². The lowest BCUT2D eigenvalue weighted by Crippen LogP contribution is -2.38. The lowest BCUT2D eigenvalue weighted by atomic mass is 9.99. The Morgan fingerprint density at radius 2 is 1.89 bits per heavy atom. The number of aryl methyl sites for hydroxylation is 1.